The van der Waals surface area contributed by atoms with E-state index in [-0.39, 0.29) is 5.41 Å². The maximum absolute atomic E-state index is 11.7. The van der Waals surface area contributed by atoms with Gasteiger partial charge in [-0.2, -0.15) is 0 Å². The number of fused-ring (bicyclic) bond motifs is 4. The van der Waals surface area contributed by atoms with E-state index in [4.69, 9.17) is 0 Å². The first-order chi connectivity index (χ1) is 9.92. The smallest absolute Gasteiger partial charge is 0.137 e. The fourth-order valence-corrected chi connectivity index (χ4v) is 6.29. The average Bonchev–Trinajstić information content (AvgIpc) is 2.69. The van der Waals surface area contributed by atoms with Crippen molar-refractivity contribution in [2.24, 2.45) is 23.2 Å². The number of hydrogen-bond donors (Lipinski definition) is 1. The normalized spacial score (nSPS) is 49.7. The largest absolute Gasteiger partial charge is 0.390 e. The van der Waals surface area contributed by atoms with Crippen LogP contribution < -0.4 is 0 Å². The van der Waals surface area contributed by atoms with Crippen molar-refractivity contribution in [1.82, 2.24) is 0 Å². The molecule has 0 unspecified atom stereocenters. The van der Waals surface area contributed by atoms with E-state index in [0.29, 0.717) is 11.7 Å². The molecule has 0 radical (unpaired) electrons. The zero-order chi connectivity index (χ0) is 14.8. The average molecular weight is 288 g/mol. The van der Waals surface area contributed by atoms with Crippen LogP contribution in [0.15, 0.2) is 11.1 Å². The van der Waals surface area contributed by atoms with E-state index >= 15 is 0 Å². The minimum absolute atomic E-state index is 0.122. The summed E-state index contributed by atoms with van der Waals surface area (Å²) < 4.78 is 0. The van der Waals surface area contributed by atoms with E-state index in [1.165, 1.54) is 24.8 Å². The van der Waals surface area contributed by atoms with Crippen molar-refractivity contribution in [2.75, 3.05) is 0 Å². The summed E-state index contributed by atoms with van der Waals surface area (Å²) in [5.74, 6) is 2.65. The monoisotopic (exact) mass is 288 g/mol. The number of aliphatic hydroxyl groups is 1. The molecule has 0 heterocycles. The number of Topliss-reactive ketones (excluding diaryl/α,β-unsaturated/α-hetero) is 1. The number of rotatable bonds is 0. The lowest BCUT2D eigenvalue weighted by Crippen LogP contribution is -2.50. The number of hydrogen-bond acceptors (Lipinski definition) is 2. The maximum Gasteiger partial charge on any atom is 0.137 e. The third-order valence-corrected chi connectivity index (χ3v) is 7.76. The molecule has 4 rings (SSSR count). The highest BCUT2D eigenvalue weighted by Crippen LogP contribution is 2.64. The molecule has 2 nitrogen and oxygen atoms in total. The number of carbonyl (C=O) groups excluding carboxylic acids is 1. The fourth-order valence-electron chi connectivity index (χ4n) is 6.29. The van der Waals surface area contributed by atoms with E-state index in [2.05, 4.69) is 13.8 Å². The van der Waals surface area contributed by atoms with Gasteiger partial charge in [-0.1, -0.05) is 18.1 Å². The van der Waals surface area contributed by atoms with Gasteiger partial charge in [0.1, 0.15) is 5.78 Å². The van der Waals surface area contributed by atoms with Gasteiger partial charge >= 0.3 is 0 Å². The Labute approximate surface area is 128 Å². The van der Waals surface area contributed by atoms with Gasteiger partial charge in [0.25, 0.3) is 0 Å². The summed E-state index contributed by atoms with van der Waals surface area (Å²) in [6.07, 6.45) is 9.55. The van der Waals surface area contributed by atoms with E-state index in [1.54, 1.807) is 5.57 Å². The molecule has 0 aromatic heterocycles. The summed E-state index contributed by atoms with van der Waals surface area (Å²) in [7, 11) is 0. The van der Waals surface area contributed by atoms with Crippen molar-refractivity contribution in [2.45, 2.75) is 77.2 Å². The van der Waals surface area contributed by atoms with Gasteiger partial charge in [-0.3, -0.25) is 4.79 Å². The Hall–Kier alpha value is -0.630. The quantitative estimate of drug-likeness (QED) is 0.683. The third-order valence-electron chi connectivity index (χ3n) is 7.76. The van der Waals surface area contributed by atoms with E-state index in [0.717, 1.165) is 50.4 Å². The fraction of sp³-hybridized carbons (Fsp3) is 0.842. The van der Waals surface area contributed by atoms with Crippen molar-refractivity contribution in [1.29, 1.82) is 0 Å². The lowest BCUT2D eigenvalue weighted by Gasteiger charge is -2.53. The molecule has 0 aromatic carbocycles. The molecule has 2 heteroatoms. The number of allylic oxidation sites excluding steroid dienone is 2. The van der Waals surface area contributed by atoms with Crippen molar-refractivity contribution in [3.8, 4) is 0 Å². The molecule has 4 aliphatic carbocycles. The SMILES string of the molecule is C[C@]1(O)CC[C@H]2[C@@H]3CCC4=C(CCC(=O)C4)[C@H]3CC[C@@]21C. The molecule has 1 N–H and O–H groups in total. The van der Waals surface area contributed by atoms with E-state index in [9.17, 15) is 9.90 Å². The van der Waals surface area contributed by atoms with E-state index < -0.39 is 5.60 Å². The molecule has 0 aliphatic heterocycles. The standard InChI is InChI=1S/C19H28O2/c1-18-9-7-15-14-6-4-13(20)11-12(14)3-5-16(15)17(18)8-10-19(18,2)21/h15-17,21H,3-11H2,1-2H3/t15-,16-,17+,18+,19+/m1/s1. The Morgan fingerprint density at radius 1 is 1.05 bits per heavy atom. The Bertz CT molecular complexity index is 516. The maximum atomic E-state index is 11.7. The van der Waals surface area contributed by atoms with Crippen LogP contribution in [0.25, 0.3) is 0 Å². The number of carbonyl (C=O) groups is 1. The summed E-state index contributed by atoms with van der Waals surface area (Å²) >= 11 is 0. The first-order valence-electron chi connectivity index (χ1n) is 8.87. The summed E-state index contributed by atoms with van der Waals surface area (Å²) in [4.78, 5) is 11.7. The van der Waals surface area contributed by atoms with Crippen molar-refractivity contribution in [3.63, 3.8) is 0 Å². The molecule has 4 aliphatic rings. The van der Waals surface area contributed by atoms with Gasteiger partial charge in [0.05, 0.1) is 5.60 Å². The topological polar surface area (TPSA) is 37.3 Å². The molecule has 21 heavy (non-hydrogen) atoms. The minimum Gasteiger partial charge on any atom is -0.390 e. The van der Waals surface area contributed by atoms with Crippen LogP contribution >= 0.6 is 0 Å². The van der Waals surface area contributed by atoms with Crippen molar-refractivity contribution in [3.05, 3.63) is 11.1 Å². The Morgan fingerprint density at radius 2 is 1.86 bits per heavy atom. The summed E-state index contributed by atoms with van der Waals surface area (Å²) in [6, 6.07) is 0. The van der Waals surface area contributed by atoms with Crippen LogP contribution in [0.2, 0.25) is 0 Å². The molecule has 2 fully saturated rings. The van der Waals surface area contributed by atoms with Gasteiger partial charge in [-0.25, -0.2) is 0 Å². The van der Waals surface area contributed by atoms with Crippen molar-refractivity contribution >= 4 is 5.78 Å². The zero-order valence-corrected chi connectivity index (χ0v) is 13.5. The van der Waals surface area contributed by atoms with Crippen LogP contribution in [0.4, 0.5) is 0 Å². The van der Waals surface area contributed by atoms with Gasteiger partial charge < -0.3 is 5.11 Å². The molecule has 0 bridgehead atoms. The van der Waals surface area contributed by atoms with Crippen molar-refractivity contribution < 1.29 is 9.90 Å². The summed E-state index contributed by atoms with van der Waals surface area (Å²) in [5.41, 5.74) is 2.82. The Kier molecular flexibility index (Phi) is 2.96. The summed E-state index contributed by atoms with van der Waals surface area (Å²) in [6.45, 7) is 4.41. The highest BCUT2D eigenvalue weighted by molar-refractivity contribution is 5.82. The highest BCUT2D eigenvalue weighted by Gasteiger charge is 2.59. The molecule has 2 saturated carbocycles. The van der Waals surface area contributed by atoms with Gasteiger partial charge in [0.15, 0.2) is 0 Å². The van der Waals surface area contributed by atoms with Gasteiger partial charge in [-0.05, 0) is 75.0 Å². The molecule has 0 spiro atoms. The first-order valence-corrected chi connectivity index (χ1v) is 8.87. The second-order valence-corrected chi connectivity index (χ2v) is 8.53. The number of ketones is 1. The van der Waals surface area contributed by atoms with Crippen LogP contribution in [0.3, 0.4) is 0 Å². The Balaban J connectivity index is 1.66. The lowest BCUT2D eigenvalue weighted by atomic mass is 9.52. The molecule has 0 aromatic rings. The first kappa shape index (κ1) is 14.0. The predicted molar refractivity (Wildman–Crippen MR) is 82.8 cm³/mol. The van der Waals surface area contributed by atoms with Crippen LogP contribution in [-0.4, -0.2) is 16.5 Å². The minimum atomic E-state index is -0.472. The molecule has 0 saturated heterocycles. The third kappa shape index (κ3) is 1.84. The molecular weight excluding hydrogens is 260 g/mol. The lowest BCUT2D eigenvalue weighted by molar-refractivity contribution is -0.119. The second kappa shape index (κ2) is 4.44. The molecular formula is C19H28O2. The zero-order valence-electron chi connectivity index (χ0n) is 13.5. The van der Waals surface area contributed by atoms with E-state index in [1.807, 2.05) is 0 Å². The summed E-state index contributed by atoms with van der Waals surface area (Å²) in [5, 5.41) is 10.8. The molecule has 5 atom stereocenters. The molecule has 116 valence electrons. The van der Waals surface area contributed by atoms with Gasteiger partial charge in [0, 0.05) is 12.8 Å². The van der Waals surface area contributed by atoms with Crippen LogP contribution in [0, 0.1) is 23.2 Å². The second-order valence-electron chi connectivity index (χ2n) is 8.53. The predicted octanol–water partition coefficient (Wildman–Crippen LogP) is 4.02. The Morgan fingerprint density at radius 3 is 2.67 bits per heavy atom. The van der Waals surface area contributed by atoms with Crippen LogP contribution in [0.1, 0.15) is 71.6 Å². The van der Waals surface area contributed by atoms with Gasteiger partial charge in [0.2, 0.25) is 0 Å². The highest BCUT2D eigenvalue weighted by atomic mass is 16.3. The molecule has 0 amide bonds. The van der Waals surface area contributed by atoms with Gasteiger partial charge in [-0.15, -0.1) is 0 Å². The van der Waals surface area contributed by atoms with Crippen LogP contribution in [0.5, 0.6) is 0 Å². The van der Waals surface area contributed by atoms with Crippen LogP contribution in [-0.2, 0) is 4.79 Å².